The number of carbonyl (C=O) groups excluding carboxylic acids is 2. The van der Waals surface area contributed by atoms with Crippen molar-refractivity contribution in [3.05, 3.63) is 53.2 Å². The molecule has 0 saturated carbocycles. The molecular weight excluding hydrogens is 404 g/mol. The third-order valence-corrected chi connectivity index (χ3v) is 6.67. The molecule has 1 aromatic heterocycles. The van der Waals surface area contributed by atoms with Gasteiger partial charge < -0.3 is 20.3 Å². The van der Waals surface area contributed by atoms with Crippen LogP contribution in [0.3, 0.4) is 0 Å². The highest BCUT2D eigenvalue weighted by molar-refractivity contribution is 5.98. The van der Waals surface area contributed by atoms with Gasteiger partial charge in [0.2, 0.25) is 5.91 Å². The minimum absolute atomic E-state index is 0.00265. The van der Waals surface area contributed by atoms with Crippen LogP contribution in [0.2, 0.25) is 0 Å². The number of amides is 2. The Morgan fingerprint density at radius 2 is 1.88 bits per heavy atom. The summed E-state index contributed by atoms with van der Waals surface area (Å²) in [4.78, 5) is 32.0. The molecule has 3 heterocycles. The molecule has 170 valence electrons. The van der Waals surface area contributed by atoms with Crippen LogP contribution in [0.25, 0.3) is 0 Å². The number of aryl methyl sites for hydroxylation is 1. The van der Waals surface area contributed by atoms with Crippen LogP contribution in [-0.4, -0.2) is 42.1 Å². The third-order valence-electron chi connectivity index (χ3n) is 6.67. The largest absolute Gasteiger partial charge is 0.381 e. The minimum atomic E-state index is -0.0900. The summed E-state index contributed by atoms with van der Waals surface area (Å²) in [5.41, 5.74) is 3.32. The summed E-state index contributed by atoms with van der Waals surface area (Å²) in [5.74, 6) is 0.806. The predicted octanol–water partition coefficient (Wildman–Crippen LogP) is 3.84. The van der Waals surface area contributed by atoms with Gasteiger partial charge in [-0.2, -0.15) is 0 Å². The number of aromatic nitrogens is 1. The smallest absolute Gasteiger partial charge is 0.251 e. The number of anilines is 2. The predicted molar refractivity (Wildman–Crippen MR) is 125 cm³/mol. The lowest BCUT2D eigenvalue weighted by molar-refractivity contribution is -0.117. The maximum absolute atomic E-state index is 13.0. The van der Waals surface area contributed by atoms with Crippen molar-refractivity contribution in [1.29, 1.82) is 0 Å². The standard InChI is InChI=1S/C25H32N4O3/c1-15-6-5-7-23(26-15)28-24-16(2)17(3)29(18(4)30)22-9-8-19(14-21(22)24)25(31)27-20-10-12-32-13-11-20/h5-9,14,16-17,20,24H,10-13H2,1-4H3,(H,26,28)(H,27,31)/t16-,17-,24+/m0/s1. The molecule has 0 aliphatic carbocycles. The lowest BCUT2D eigenvalue weighted by Crippen LogP contribution is -2.48. The van der Waals surface area contributed by atoms with Crippen molar-refractivity contribution in [1.82, 2.24) is 10.3 Å². The van der Waals surface area contributed by atoms with Gasteiger partial charge in [0.15, 0.2) is 0 Å². The second kappa shape index (κ2) is 9.28. The van der Waals surface area contributed by atoms with Crippen LogP contribution in [0.5, 0.6) is 0 Å². The van der Waals surface area contributed by atoms with E-state index in [0.29, 0.717) is 18.8 Å². The van der Waals surface area contributed by atoms with Crippen molar-refractivity contribution in [2.24, 2.45) is 5.92 Å². The SMILES string of the molecule is CC(=O)N1c2ccc(C(=O)NC3CCOCC3)cc2[C@H](Nc2cccc(C)n2)[C@@H](C)[C@@H]1C. The van der Waals surface area contributed by atoms with Crippen LogP contribution in [0.4, 0.5) is 11.5 Å². The van der Waals surface area contributed by atoms with Crippen LogP contribution in [0.1, 0.15) is 61.3 Å². The summed E-state index contributed by atoms with van der Waals surface area (Å²) in [6.07, 6.45) is 1.65. The molecule has 1 saturated heterocycles. The van der Waals surface area contributed by atoms with E-state index >= 15 is 0 Å². The second-order valence-electron chi connectivity index (χ2n) is 8.91. The van der Waals surface area contributed by atoms with Crippen molar-refractivity contribution in [2.45, 2.75) is 58.7 Å². The Morgan fingerprint density at radius 3 is 2.56 bits per heavy atom. The van der Waals surface area contributed by atoms with Gasteiger partial charge in [-0.05, 0) is 62.6 Å². The molecule has 3 atom stereocenters. The van der Waals surface area contributed by atoms with Gasteiger partial charge in [0, 0.05) is 55.1 Å². The zero-order valence-corrected chi connectivity index (χ0v) is 19.2. The molecule has 0 radical (unpaired) electrons. The molecular formula is C25H32N4O3. The van der Waals surface area contributed by atoms with E-state index in [2.05, 4.69) is 29.5 Å². The number of nitrogens with one attached hydrogen (secondary N) is 2. The molecule has 7 nitrogen and oxygen atoms in total. The summed E-state index contributed by atoms with van der Waals surface area (Å²) in [7, 11) is 0. The molecule has 2 aliphatic rings. The van der Waals surface area contributed by atoms with Crippen molar-refractivity contribution < 1.29 is 14.3 Å². The zero-order valence-electron chi connectivity index (χ0n) is 19.2. The first kappa shape index (κ1) is 22.3. The topological polar surface area (TPSA) is 83.6 Å². The monoisotopic (exact) mass is 436 g/mol. The molecule has 7 heteroatoms. The first-order valence-corrected chi connectivity index (χ1v) is 11.4. The Bertz CT molecular complexity index is 1000. The highest BCUT2D eigenvalue weighted by Gasteiger charge is 2.38. The van der Waals surface area contributed by atoms with Crippen LogP contribution in [-0.2, 0) is 9.53 Å². The molecule has 0 bridgehead atoms. The Kier molecular flexibility index (Phi) is 6.46. The van der Waals surface area contributed by atoms with Crippen LogP contribution < -0.4 is 15.5 Å². The van der Waals surface area contributed by atoms with E-state index in [1.165, 1.54) is 0 Å². The highest BCUT2D eigenvalue weighted by atomic mass is 16.5. The summed E-state index contributed by atoms with van der Waals surface area (Å²) in [6.45, 7) is 9.10. The van der Waals surface area contributed by atoms with Gasteiger partial charge in [-0.25, -0.2) is 4.98 Å². The van der Waals surface area contributed by atoms with Crippen molar-refractivity contribution in [3.8, 4) is 0 Å². The quantitative estimate of drug-likeness (QED) is 0.761. The Morgan fingerprint density at radius 1 is 1.12 bits per heavy atom. The van der Waals surface area contributed by atoms with E-state index in [1.807, 2.05) is 48.2 Å². The number of hydrogen-bond acceptors (Lipinski definition) is 5. The van der Waals surface area contributed by atoms with Gasteiger partial charge in [-0.3, -0.25) is 9.59 Å². The first-order chi connectivity index (χ1) is 15.3. The van der Waals surface area contributed by atoms with Crippen molar-refractivity contribution in [3.63, 3.8) is 0 Å². The van der Waals surface area contributed by atoms with Gasteiger partial charge in [0.25, 0.3) is 5.91 Å². The second-order valence-corrected chi connectivity index (χ2v) is 8.91. The molecule has 2 aliphatic heterocycles. The lowest BCUT2D eigenvalue weighted by Gasteiger charge is -2.44. The van der Waals surface area contributed by atoms with E-state index in [-0.39, 0.29) is 35.9 Å². The number of pyridine rings is 1. The number of rotatable bonds is 4. The normalized spacial score (nSPS) is 23.4. The maximum Gasteiger partial charge on any atom is 0.251 e. The first-order valence-electron chi connectivity index (χ1n) is 11.4. The molecule has 32 heavy (non-hydrogen) atoms. The third kappa shape index (κ3) is 4.48. The average molecular weight is 437 g/mol. The Hall–Kier alpha value is -2.93. The Balaban J connectivity index is 1.69. The molecule has 0 spiro atoms. The van der Waals surface area contributed by atoms with Crippen molar-refractivity contribution >= 4 is 23.3 Å². The van der Waals surface area contributed by atoms with Crippen LogP contribution in [0.15, 0.2) is 36.4 Å². The number of benzene rings is 1. The molecule has 1 aromatic carbocycles. The molecule has 2 aromatic rings. The van der Waals surface area contributed by atoms with E-state index in [9.17, 15) is 9.59 Å². The molecule has 2 amide bonds. The molecule has 4 rings (SSSR count). The number of ether oxygens (including phenoxy) is 1. The van der Waals surface area contributed by atoms with E-state index in [4.69, 9.17) is 4.74 Å². The van der Waals surface area contributed by atoms with Gasteiger partial charge >= 0.3 is 0 Å². The number of fused-ring (bicyclic) bond motifs is 1. The van der Waals surface area contributed by atoms with Crippen molar-refractivity contribution in [2.75, 3.05) is 23.4 Å². The fourth-order valence-electron chi connectivity index (χ4n) is 4.74. The fourth-order valence-corrected chi connectivity index (χ4v) is 4.74. The highest BCUT2D eigenvalue weighted by Crippen LogP contribution is 2.42. The zero-order chi connectivity index (χ0) is 22.8. The molecule has 0 unspecified atom stereocenters. The number of hydrogen-bond donors (Lipinski definition) is 2. The fraction of sp³-hybridized carbons (Fsp3) is 0.480. The minimum Gasteiger partial charge on any atom is -0.381 e. The summed E-state index contributed by atoms with van der Waals surface area (Å²) in [5, 5.41) is 6.70. The average Bonchev–Trinajstić information content (AvgIpc) is 2.77. The van der Waals surface area contributed by atoms with Gasteiger partial charge in [0.1, 0.15) is 5.82 Å². The van der Waals surface area contributed by atoms with Gasteiger partial charge in [0.05, 0.1) is 6.04 Å². The Labute approximate surface area is 189 Å². The lowest BCUT2D eigenvalue weighted by atomic mass is 9.82. The maximum atomic E-state index is 13.0. The van der Waals surface area contributed by atoms with Gasteiger partial charge in [-0.15, -0.1) is 0 Å². The van der Waals surface area contributed by atoms with E-state index in [0.717, 1.165) is 35.6 Å². The molecule has 1 fully saturated rings. The van der Waals surface area contributed by atoms with E-state index in [1.54, 1.807) is 6.92 Å². The van der Waals surface area contributed by atoms with Gasteiger partial charge in [-0.1, -0.05) is 13.0 Å². The van der Waals surface area contributed by atoms with E-state index < -0.39 is 0 Å². The number of nitrogens with zero attached hydrogens (tertiary/aromatic N) is 2. The van der Waals surface area contributed by atoms with Crippen LogP contribution in [0, 0.1) is 12.8 Å². The summed E-state index contributed by atoms with van der Waals surface area (Å²) in [6, 6.07) is 11.6. The molecule has 2 N–H and O–H groups in total. The summed E-state index contributed by atoms with van der Waals surface area (Å²) < 4.78 is 5.39. The summed E-state index contributed by atoms with van der Waals surface area (Å²) >= 11 is 0. The number of carbonyl (C=O) groups is 2. The van der Waals surface area contributed by atoms with Crippen LogP contribution >= 0.6 is 0 Å².